The van der Waals surface area contributed by atoms with Crippen LogP contribution < -0.4 is 4.84 Å². The van der Waals surface area contributed by atoms with Crippen molar-refractivity contribution in [1.29, 1.82) is 0 Å². The van der Waals surface area contributed by atoms with Gasteiger partial charge in [0.25, 0.3) is 0 Å². The van der Waals surface area contributed by atoms with E-state index in [1.807, 2.05) is 19.9 Å². The van der Waals surface area contributed by atoms with E-state index in [4.69, 9.17) is 4.84 Å². The Morgan fingerprint density at radius 2 is 1.94 bits per heavy atom. The van der Waals surface area contributed by atoms with Gasteiger partial charge in [-0.3, -0.25) is 0 Å². The van der Waals surface area contributed by atoms with E-state index in [1.54, 1.807) is 12.2 Å². The van der Waals surface area contributed by atoms with Crippen LogP contribution in [0.3, 0.4) is 0 Å². The summed E-state index contributed by atoms with van der Waals surface area (Å²) in [5.41, 5.74) is 0.795. The second-order valence-electron chi connectivity index (χ2n) is 3.35. The van der Waals surface area contributed by atoms with Crippen molar-refractivity contribution in [2.24, 2.45) is 0 Å². The van der Waals surface area contributed by atoms with Gasteiger partial charge in [0.05, 0.1) is 6.42 Å². The SMILES string of the molecule is CC=CC(=CC)CC(=O)On1c(O)ccc1O. The molecule has 0 aromatic carbocycles. The molecule has 92 valence electrons. The zero-order chi connectivity index (χ0) is 12.8. The number of allylic oxidation sites excluding steroid dienone is 3. The lowest BCUT2D eigenvalue weighted by atomic mass is 10.2. The third-order valence-corrected chi connectivity index (χ3v) is 2.09. The maximum absolute atomic E-state index is 11.5. The van der Waals surface area contributed by atoms with E-state index in [-0.39, 0.29) is 18.2 Å². The third kappa shape index (κ3) is 3.41. The molecule has 0 atom stereocenters. The fraction of sp³-hybridized carbons (Fsp3) is 0.250. The molecule has 5 heteroatoms. The molecule has 1 rings (SSSR count). The monoisotopic (exact) mass is 237 g/mol. The first kappa shape index (κ1) is 12.9. The van der Waals surface area contributed by atoms with Crippen molar-refractivity contribution in [1.82, 2.24) is 4.73 Å². The average Bonchev–Trinajstić information content (AvgIpc) is 2.60. The van der Waals surface area contributed by atoms with Gasteiger partial charge in [-0.15, -0.1) is 4.73 Å². The van der Waals surface area contributed by atoms with Gasteiger partial charge in [0, 0.05) is 12.1 Å². The van der Waals surface area contributed by atoms with Crippen LogP contribution in [0.5, 0.6) is 11.8 Å². The molecule has 0 fully saturated rings. The van der Waals surface area contributed by atoms with Crippen molar-refractivity contribution < 1.29 is 19.8 Å². The number of carbonyl (C=O) groups is 1. The van der Waals surface area contributed by atoms with Crippen LogP contribution in [0.2, 0.25) is 0 Å². The van der Waals surface area contributed by atoms with Crippen LogP contribution in [-0.4, -0.2) is 20.9 Å². The number of rotatable bonds is 4. The maximum Gasteiger partial charge on any atom is 0.337 e. The van der Waals surface area contributed by atoms with Gasteiger partial charge in [0.2, 0.25) is 11.8 Å². The number of hydrogen-bond acceptors (Lipinski definition) is 4. The minimum absolute atomic E-state index is 0.0674. The highest BCUT2D eigenvalue weighted by Gasteiger charge is 2.12. The fourth-order valence-electron chi connectivity index (χ4n) is 1.27. The number of aromatic hydroxyl groups is 2. The fourth-order valence-corrected chi connectivity index (χ4v) is 1.27. The van der Waals surface area contributed by atoms with Gasteiger partial charge in [-0.05, 0) is 19.4 Å². The predicted octanol–water partition coefficient (Wildman–Crippen LogP) is 1.77. The Balaban J connectivity index is 2.68. The van der Waals surface area contributed by atoms with E-state index >= 15 is 0 Å². The molecule has 0 aliphatic carbocycles. The first-order valence-corrected chi connectivity index (χ1v) is 5.17. The quantitative estimate of drug-likeness (QED) is 0.783. The Morgan fingerprint density at radius 1 is 1.35 bits per heavy atom. The molecule has 2 N–H and O–H groups in total. The van der Waals surface area contributed by atoms with Crippen molar-refractivity contribution in [3.05, 3.63) is 35.9 Å². The van der Waals surface area contributed by atoms with E-state index in [2.05, 4.69) is 0 Å². The highest BCUT2D eigenvalue weighted by molar-refractivity contribution is 5.73. The van der Waals surface area contributed by atoms with Crippen LogP contribution in [0.1, 0.15) is 20.3 Å². The Labute approximate surface area is 99.2 Å². The Bertz CT molecular complexity index is 438. The van der Waals surface area contributed by atoms with Crippen LogP contribution in [0, 0.1) is 0 Å². The largest absolute Gasteiger partial charge is 0.492 e. The summed E-state index contributed by atoms with van der Waals surface area (Å²) >= 11 is 0. The average molecular weight is 237 g/mol. The molecule has 0 aliphatic heterocycles. The van der Waals surface area contributed by atoms with Crippen LogP contribution in [-0.2, 0) is 4.79 Å². The van der Waals surface area contributed by atoms with Crippen molar-refractivity contribution in [3.8, 4) is 11.8 Å². The Kier molecular flexibility index (Phi) is 4.39. The molecule has 0 unspecified atom stereocenters. The summed E-state index contributed by atoms with van der Waals surface area (Å²) in [6.07, 6.45) is 5.46. The molecule has 0 amide bonds. The van der Waals surface area contributed by atoms with E-state index in [0.29, 0.717) is 4.73 Å². The number of carbonyl (C=O) groups excluding carboxylic acids is 1. The molecule has 0 saturated heterocycles. The lowest BCUT2D eigenvalue weighted by Crippen LogP contribution is -2.19. The summed E-state index contributed by atoms with van der Waals surface area (Å²) in [6.45, 7) is 3.66. The minimum atomic E-state index is -0.571. The molecule has 0 spiro atoms. The van der Waals surface area contributed by atoms with Crippen LogP contribution in [0.4, 0.5) is 0 Å². The summed E-state index contributed by atoms with van der Waals surface area (Å²) < 4.78 is 0.672. The summed E-state index contributed by atoms with van der Waals surface area (Å²) in [6, 6.07) is 2.45. The maximum atomic E-state index is 11.5. The normalized spacial score (nSPS) is 12.0. The van der Waals surface area contributed by atoms with Crippen molar-refractivity contribution in [2.45, 2.75) is 20.3 Å². The van der Waals surface area contributed by atoms with E-state index in [0.717, 1.165) is 5.57 Å². The standard InChI is InChI=1S/C12H15NO4/c1-3-5-9(4-2)8-12(16)17-13-10(14)6-7-11(13)15/h3-7,14-15H,8H2,1-2H3. The molecule has 5 nitrogen and oxygen atoms in total. The Morgan fingerprint density at radius 3 is 2.41 bits per heavy atom. The van der Waals surface area contributed by atoms with Gasteiger partial charge in [0.1, 0.15) is 0 Å². The molecule has 17 heavy (non-hydrogen) atoms. The second kappa shape index (κ2) is 5.79. The number of aromatic nitrogens is 1. The molecule has 1 aromatic heterocycles. The molecular weight excluding hydrogens is 222 g/mol. The van der Waals surface area contributed by atoms with Gasteiger partial charge in [0.15, 0.2) is 0 Å². The highest BCUT2D eigenvalue weighted by Crippen LogP contribution is 2.19. The molecule has 0 aliphatic rings. The van der Waals surface area contributed by atoms with Crippen molar-refractivity contribution in [3.63, 3.8) is 0 Å². The summed E-state index contributed by atoms with van der Waals surface area (Å²) in [4.78, 5) is 16.3. The molecule has 0 bridgehead atoms. The second-order valence-corrected chi connectivity index (χ2v) is 3.35. The van der Waals surface area contributed by atoms with Crippen molar-refractivity contribution >= 4 is 5.97 Å². The van der Waals surface area contributed by atoms with Crippen molar-refractivity contribution in [2.75, 3.05) is 0 Å². The minimum Gasteiger partial charge on any atom is -0.492 e. The lowest BCUT2D eigenvalue weighted by molar-refractivity contribution is -0.144. The van der Waals surface area contributed by atoms with E-state index in [9.17, 15) is 15.0 Å². The lowest BCUT2D eigenvalue weighted by Gasteiger charge is -2.07. The van der Waals surface area contributed by atoms with Gasteiger partial charge in [-0.1, -0.05) is 18.2 Å². The summed E-state index contributed by atoms with van der Waals surface area (Å²) in [7, 11) is 0. The van der Waals surface area contributed by atoms with Crippen LogP contribution >= 0.6 is 0 Å². The van der Waals surface area contributed by atoms with Crippen LogP contribution in [0.15, 0.2) is 35.9 Å². The van der Waals surface area contributed by atoms with E-state index < -0.39 is 5.97 Å². The highest BCUT2D eigenvalue weighted by atomic mass is 16.7. The predicted molar refractivity (Wildman–Crippen MR) is 62.5 cm³/mol. The van der Waals surface area contributed by atoms with Gasteiger partial charge < -0.3 is 15.1 Å². The first-order chi connectivity index (χ1) is 8.08. The van der Waals surface area contributed by atoms with Gasteiger partial charge >= 0.3 is 5.97 Å². The van der Waals surface area contributed by atoms with Gasteiger partial charge in [-0.25, -0.2) is 4.79 Å². The van der Waals surface area contributed by atoms with Gasteiger partial charge in [-0.2, -0.15) is 0 Å². The van der Waals surface area contributed by atoms with Crippen LogP contribution in [0.25, 0.3) is 0 Å². The number of nitrogens with zero attached hydrogens (tertiary/aromatic N) is 1. The topological polar surface area (TPSA) is 71.7 Å². The molecule has 0 radical (unpaired) electrons. The van der Waals surface area contributed by atoms with E-state index in [1.165, 1.54) is 12.1 Å². The molecule has 1 aromatic rings. The summed E-state index contributed by atoms with van der Waals surface area (Å²) in [5.74, 6) is -1.23. The third-order valence-electron chi connectivity index (χ3n) is 2.09. The first-order valence-electron chi connectivity index (χ1n) is 5.17. The molecular formula is C12H15NO4. The molecule has 0 saturated carbocycles. The molecule has 1 heterocycles. The number of hydrogen-bond donors (Lipinski definition) is 2. The zero-order valence-electron chi connectivity index (χ0n) is 9.75. The summed E-state index contributed by atoms with van der Waals surface area (Å²) in [5, 5.41) is 18.5. The zero-order valence-corrected chi connectivity index (χ0v) is 9.75. The Hall–Kier alpha value is -2.17. The smallest absolute Gasteiger partial charge is 0.337 e.